The number of nitrogens with zero attached hydrogens (tertiary/aromatic N) is 1. The second kappa shape index (κ2) is 6.07. The molecule has 3 N–H and O–H groups in total. The number of hydrogen-bond acceptors (Lipinski definition) is 3. The first-order valence-electron chi connectivity index (χ1n) is 8.11. The molecule has 0 aliphatic heterocycles. The predicted molar refractivity (Wildman–Crippen MR) is 89.8 cm³/mol. The molecular weight excluding hydrogens is 290 g/mol. The van der Waals surface area contributed by atoms with E-state index < -0.39 is 0 Å². The maximum atomic E-state index is 12.3. The van der Waals surface area contributed by atoms with Gasteiger partial charge in [0.1, 0.15) is 5.75 Å². The molecule has 0 radical (unpaired) electrons. The second-order valence-electron chi connectivity index (χ2n) is 6.70. The number of phenolic OH excluding ortho intramolecular Hbond substituents is 1. The van der Waals surface area contributed by atoms with Crippen LogP contribution in [0.5, 0.6) is 5.75 Å². The summed E-state index contributed by atoms with van der Waals surface area (Å²) in [5, 5.41) is 20.0. The van der Waals surface area contributed by atoms with Gasteiger partial charge in [0.05, 0.1) is 6.42 Å². The quantitative estimate of drug-likeness (QED) is 0.789. The van der Waals surface area contributed by atoms with Gasteiger partial charge in [-0.1, -0.05) is 19.9 Å². The molecule has 0 bridgehead atoms. The van der Waals surface area contributed by atoms with Crippen molar-refractivity contribution in [3.63, 3.8) is 0 Å². The summed E-state index contributed by atoms with van der Waals surface area (Å²) in [7, 11) is 0. The number of aryl methyl sites for hydroxylation is 1. The SMILES string of the molecule is Cc1cc(O)c(C(C)C)cc1CC(=O)Nc1cc(C2CC2)[nH]n1. The third-order valence-corrected chi connectivity index (χ3v) is 4.34. The van der Waals surface area contributed by atoms with Gasteiger partial charge in [-0.15, -0.1) is 0 Å². The Hall–Kier alpha value is -2.30. The van der Waals surface area contributed by atoms with Gasteiger partial charge < -0.3 is 10.4 Å². The predicted octanol–water partition coefficient (Wildman–Crippen LogP) is 3.61. The van der Waals surface area contributed by atoms with E-state index in [1.165, 1.54) is 12.8 Å². The lowest BCUT2D eigenvalue weighted by Gasteiger charge is -2.13. The first-order valence-corrected chi connectivity index (χ1v) is 8.11. The summed E-state index contributed by atoms with van der Waals surface area (Å²) in [6, 6.07) is 5.57. The van der Waals surface area contributed by atoms with Crippen molar-refractivity contribution in [3.05, 3.63) is 40.6 Å². The summed E-state index contributed by atoms with van der Waals surface area (Å²) in [6.07, 6.45) is 2.66. The van der Waals surface area contributed by atoms with E-state index in [0.717, 1.165) is 22.4 Å². The van der Waals surface area contributed by atoms with E-state index in [0.29, 0.717) is 17.5 Å². The smallest absolute Gasteiger partial charge is 0.230 e. The molecule has 0 unspecified atom stereocenters. The Kier molecular flexibility index (Phi) is 4.11. The van der Waals surface area contributed by atoms with Crippen molar-refractivity contribution in [1.82, 2.24) is 10.2 Å². The fraction of sp³-hybridized carbons (Fsp3) is 0.444. The third-order valence-electron chi connectivity index (χ3n) is 4.34. The lowest BCUT2D eigenvalue weighted by molar-refractivity contribution is -0.115. The average molecular weight is 313 g/mol. The molecule has 5 heteroatoms. The minimum atomic E-state index is -0.0951. The van der Waals surface area contributed by atoms with E-state index in [-0.39, 0.29) is 18.2 Å². The van der Waals surface area contributed by atoms with Crippen LogP contribution in [0.2, 0.25) is 0 Å². The third kappa shape index (κ3) is 3.55. The van der Waals surface area contributed by atoms with Gasteiger partial charge in [0.15, 0.2) is 5.82 Å². The number of amides is 1. The molecule has 0 atom stereocenters. The van der Waals surface area contributed by atoms with E-state index in [2.05, 4.69) is 15.5 Å². The van der Waals surface area contributed by atoms with Crippen LogP contribution in [0.4, 0.5) is 5.82 Å². The highest BCUT2D eigenvalue weighted by atomic mass is 16.3. The van der Waals surface area contributed by atoms with Crippen molar-refractivity contribution in [3.8, 4) is 5.75 Å². The molecule has 1 aromatic carbocycles. The second-order valence-corrected chi connectivity index (χ2v) is 6.70. The van der Waals surface area contributed by atoms with Crippen LogP contribution in [0, 0.1) is 6.92 Å². The number of carbonyl (C=O) groups excluding carboxylic acids is 1. The standard InChI is InChI=1S/C18H23N3O2/c1-10(2)14-7-13(11(3)6-16(14)22)8-18(23)19-17-9-15(20-21-17)12-4-5-12/h6-7,9-10,12,22H,4-5,8H2,1-3H3,(H2,19,20,21,23). The number of aromatic hydroxyl groups is 1. The first-order chi connectivity index (χ1) is 10.9. The minimum absolute atomic E-state index is 0.0951. The Labute approximate surface area is 136 Å². The summed E-state index contributed by atoms with van der Waals surface area (Å²) in [6.45, 7) is 5.96. The van der Waals surface area contributed by atoms with Crippen LogP contribution in [0.3, 0.4) is 0 Å². The number of benzene rings is 1. The largest absolute Gasteiger partial charge is 0.508 e. The van der Waals surface area contributed by atoms with Crippen molar-refractivity contribution >= 4 is 11.7 Å². The number of carbonyl (C=O) groups is 1. The van der Waals surface area contributed by atoms with Crippen LogP contribution >= 0.6 is 0 Å². The first kappa shape index (κ1) is 15.6. The monoisotopic (exact) mass is 313 g/mol. The lowest BCUT2D eigenvalue weighted by Crippen LogP contribution is -2.15. The highest BCUT2D eigenvalue weighted by Crippen LogP contribution is 2.39. The molecule has 1 aliphatic carbocycles. The number of hydrogen-bond donors (Lipinski definition) is 3. The molecular formula is C18H23N3O2. The van der Waals surface area contributed by atoms with Gasteiger partial charge in [-0.25, -0.2) is 0 Å². The van der Waals surface area contributed by atoms with Crippen LogP contribution in [0.1, 0.15) is 60.9 Å². The fourth-order valence-corrected chi connectivity index (χ4v) is 2.77. The zero-order valence-electron chi connectivity index (χ0n) is 13.8. The van der Waals surface area contributed by atoms with Gasteiger partial charge in [-0.2, -0.15) is 5.10 Å². The van der Waals surface area contributed by atoms with Crippen LogP contribution in [0.15, 0.2) is 18.2 Å². The van der Waals surface area contributed by atoms with Crippen molar-refractivity contribution in [2.45, 2.75) is 51.9 Å². The Morgan fingerprint density at radius 3 is 2.78 bits per heavy atom. The van der Waals surface area contributed by atoms with Gasteiger partial charge in [-0.3, -0.25) is 9.89 Å². The van der Waals surface area contributed by atoms with Gasteiger partial charge in [0.2, 0.25) is 5.91 Å². The lowest BCUT2D eigenvalue weighted by atomic mass is 9.95. The molecule has 1 fully saturated rings. The number of aromatic nitrogens is 2. The molecule has 1 amide bonds. The van der Waals surface area contributed by atoms with E-state index >= 15 is 0 Å². The Bertz CT molecular complexity index is 730. The van der Waals surface area contributed by atoms with Crippen LogP contribution in [-0.2, 0) is 11.2 Å². The van der Waals surface area contributed by atoms with Gasteiger partial charge in [0.25, 0.3) is 0 Å². The van der Waals surface area contributed by atoms with Crippen molar-refractivity contribution in [2.24, 2.45) is 0 Å². The molecule has 5 nitrogen and oxygen atoms in total. The van der Waals surface area contributed by atoms with Gasteiger partial charge in [0, 0.05) is 17.7 Å². The molecule has 1 heterocycles. The Morgan fingerprint density at radius 1 is 1.39 bits per heavy atom. The highest BCUT2D eigenvalue weighted by Gasteiger charge is 2.25. The topological polar surface area (TPSA) is 78.0 Å². The van der Waals surface area contributed by atoms with E-state index in [1.54, 1.807) is 6.07 Å². The van der Waals surface area contributed by atoms with Gasteiger partial charge in [-0.05, 0) is 48.4 Å². The van der Waals surface area contributed by atoms with Crippen molar-refractivity contribution in [2.75, 3.05) is 5.32 Å². The molecule has 1 saturated carbocycles. The molecule has 0 saturated heterocycles. The molecule has 1 aromatic heterocycles. The van der Waals surface area contributed by atoms with Crippen molar-refractivity contribution < 1.29 is 9.90 Å². The molecule has 1 aliphatic rings. The maximum Gasteiger partial charge on any atom is 0.230 e. The fourth-order valence-electron chi connectivity index (χ4n) is 2.77. The molecule has 23 heavy (non-hydrogen) atoms. The maximum absolute atomic E-state index is 12.3. The van der Waals surface area contributed by atoms with Crippen molar-refractivity contribution in [1.29, 1.82) is 0 Å². The molecule has 0 spiro atoms. The van der Waals surface area contributed by atoms with Gasteiger partial charge >= 0.3 is 0 Å². The van der Waals surface area contributed by atoms with Crippen LogP contribution in [0.25, 0.3) is 0 Å². The number of nitrogens with one attached hydrogen (secondary N) is 2. The molecule has 2 aromatic rings. The normalized spacial score (nSPS) is 14.3. The van der Waals surface area contributed by atoms with Crippen LogP contribution in [-0.4, -0.2) is 21.2 Å². The Morgan fingerprint density at radius 2 is 2.13 bits per heavy atom. The highest BCUT2D eigenvalue weighted by molar-refractivity contribution is 5.91. The molecule has 122 valence electrons. The minimum Gasteiger partial charge on any atom is -0.508 e. The number of phenols is 1. The number of H-pyrrole nitrogens is 1. The summed E-state index contributed by atoms with van der Waals surface area (Å²) < 4.78 is 0. The summed E-state index contributed by atoms with van der Waals surface area (Å²) in [5.41, 5.74) is 3.82. The Balaban J connectivity index is 1.70. The molecule has 3 rings (SSSR count). The summed E-state index contributed by atoms with van der Waals surface area (Å²) in [5.74, 6) is 1.58. The number of aromatic amines is 1. The summed E-state index contributed by atoms with van der Waals surface area (Å²) in [4.78, 5) is 12.3. The van der Waals surface area contributed by atoms with Crippen LogP contribution < -0.4 is 5.32 Å². The number of anilines is 1. The average Bonchev–Trinajstić information content (AvgIpc) is 3.22. The van der Waals surface area contributed by atoms with E-state index in [9.17, 15) is 9.90 Å². The zero-order valence-corrected chi connectivity index (χ0v) is 13.8. The zero-order chi connectivity index (χ0) is 16.6. The number of rotatable bonds is 5. The van der Waals surface area contributed by atoms with E-state index in [1.807, 2.05) is 32.9 Å². The van der Waals surface area contributed by atoms with E-state index in [4.69, 9.17) is 0 Å². The summed E-state index contributed by atoms with van der Waals surface area (Å²) >= 11 is 0.